The first-order chi connectivity index (χ1) is 15.3. The lowest BCUT2D eigenvalue weighted by Crippen LogP contribution is -2.49. The fraction of sp³-hybridized carbons (Fsp3) is 0.481. The molecule has 0 fully saturated rings. The highest BCUT2D eigenvalue weighted by atomic mass is 19.1. The molecule has 1 atom stereocenters. The number of carbonyl (C=O) groups is 2. The predicted octanol–water partition coefficient (Wildman–Crippen LogP) is 5.61. The minimum atomic E-state index is -0.548. The van der Waals surface area contributed by atoms with E-state index in [-0.39, 0.29) is 24.2 Å². The first kappa shape index (κ1) is 25.6. The molecule has 0 spiro atoms. The molecule has 1 N–H and O–H groups in total. The Morgan fingerprint density at radius 3 is 2.16 bits per heavy atom. The van der Waals surface area contributed by atoms with Crippen molar-refractivity contribution in [1.29, 1.82) is 0 Å². The first-order valence-corrected chi connectivity index (χ1v) is 11.8. The number of benzene rings is 2. The fourth-order valence-electron chi connectivity index (χ4n) is 3.68. The SMILES string of the molecule is CCCCNC(=O)C(CC)N(Cc1ccc(F)cc1)C(=O)CCc1ccc(C(C)C)cc1. The number of halogens is 1. The van der Waals surface area contributed by atoms with Gasteiger partial charge in [0, 0.05) is 19.5 Å². The van der Waals surface area contributed by atoms with Crippen LogP contribution < -0.4 is 5.32 Å². The fourth-order valence-corrected chi connectivity index (χ4v) is 3.68. The van der Waals surface area contributed by atoms with Gasteiger partial charge in [-0.2, -0.15) is 0 Å². The summed E-state index contributed by atoms with van der Waals surface area (Å²) in [6.45, 7) is 9.18. The molecule has 4 nitrogen and oxygen atoms in total. The molecule has 5 heteroatoms. The van der Waals surface area contributed by atoms with E-state index in [1.54, 1.807) is 17.0 Å². The van der Waals surface area contributed by atoms with Gasteiger partial charge in [-0.1, -0.05) is 70.5 Å². The largest absolute Gasteiger partial charge is 0.354 e. The van der Waals surface area contributed by atoms with E-state index in [0.29, 0.717) is 31.7 Å². The number of nitrogens with one attached hydrogen (secondary N) is 1. The Balaban J connectivity index is 2.14. The molecule has 0 radical (unpaired) electrons. The van der Waals surface area contributed by atoms with Gasteiger partial charge in [0.25, 0.3) is 0 Å². The van der Waals surface area contributed by atoms with Crippen molar-refractivity contribution >= 4 is 11.8 Å². The van der Waals surface area contributed by atoms with Crippen LogP contribution in [-0.2, 0) is 22.6 Å². The average molecular weight is 441 g/mol. The Kier molecular flexibility index (Phi) is 10.4. The van der Waals surface area contributed by atoms with Gasteiger partial charge < -0.3 is 10.2 Å². The summed E-state index contributed by atoms with van der Waals surface area (Å²) in [6, 6.07) is 13.9. The zero-order chi connectivity index (χ0) is 23.5. The molecule has 0 aliphatic carbocycles. The zero-order valence-electron chi connectivity index (χ0n) is 19.9. The van der Waals surface area contributed by atoms with Crippen LogP contribution in [0.4, 0.5) is 4.39 Å². The smallest absolute Gasteiger partial charge is 0.242 e. The summed E-state index contributed by atoms with van der Waals surface area (Å²) in [6.07, 6.45) is 3.35. The van der Waals surface area contributed by atoms with Gasteiger partial charge in [0.1, 0.15) is 11.9 Å². The van der Waals surface area contributed by atoms with Crippen LogP contribution in [0.2, 0.25) is 0 Å². The number of nitrogens with zero attached hydrogens (tertiary/aromatic N) is 1. The molecule has 174 valence electrons. The van der Waals surface area contributed by atoms with Crippen molar-refractivity contribution in [2.45, 2.75) is 78.3 Å². The topological polar surface area (TPSA) is 49.4 Å². The van der Waals surface area contributed by atoms with Gasteiger partial charge in [0.15, 0.2) is 0 Å². The Bertz CT molecular complexity index is 847. The lowest BCUT2D eigenvalue weighted by atomic mass is 10.00. The third-order valence-electron chi connectivity index (χ3n) is 5.76. The van der Waals surface area contributed by atoms with E-state index in [2.05, 4.69) is 50.4 Å². The van der Waals surface area contributed by atoms with Crippen molar-refractivity contribution in [3.05, 3.63) is 71.0 Å². The van der Waals surface area contributed by atoms with E-state index in [0.717, 1.165) is 24.0 Å². The second kappa shape index (κ2) is 13.0. The maximum absolute atomic E-state index is 13.4. The molecule has 2 aromatic rings. The maximum Gasteiger partial charge on any atom is 0.242 e. The minimum Gasteiger partial charge on any atom is -0.354 e. The molecule has 0 aliphatic rings. The monoisotopic (exact) mass is 440 g/mol. The molecule has 0 saturated heterocycles. The van der Waals surface area contributed by atoms with E-state index in [1.807, 2.05) is 6.92 Å². The Morgan fingerprint density at radius 1 is 0.969 bits per heavy atom. The minimum absolute atomic E-state index is 0.0697. The van der Waals surface area contributed by atoms with Crippen LogP contribution in [0, 0.1) is 5.82 Å². The molecule has 2 rings (SSSR count). The standard InChI is InChI=1S/C27H37FN2O2/c1-5-7-18-29-27(32)25(6-2)30(19-22-10-15-24(28)16-11-22)26(31)17-12-21-8-13-23(14-9-21)20(3)4/h8-11,13-16,20,25H,5-7,12,17-19H2,1-4H3,(H,29,32). The van der Waals surface area contributed by atoms with E-state index in [1.165, 1.54) is 17.7 Å². The van der Waals surface area contributed by atoms with Crippen LogP contribution in [0.3, 0.4) is 0 Å². The van der Waals surface area contributed by atoms with Gasteiger partial charge in [-0.25, -0.2) is 4.39 Å². The Hall–Kier alpha value is -2.69. The van der Waals surface area contributed by atoms with Crippen LogP contribution in [0.25, 0.3) is 0 Å². The molecule has 0 aromatic heterocycles. The molecule has 0 saturated carbocycles. The van der Waals surface area contributed by atoms with Crippen LogP contribution >= 0.6 is 0 Å². The van der Waals surface area contributed by atoms with Crippen LogP contribution in [0.15, 0.2) is 48.5 Å². The summed E-state index contributed by atoms with van der Waals surface area (Å²) in [5, 5.41) is 2.96. The molecular formula is C27H37FN2O2. The van der Waals surface area contributed by atoms with Gasteiger partial charge in [0.05, 0.1) is 0 Å². The average Bonchev–Trinajstić information content (AvgIpc) is 2.79. The van der Waals surface area contributed by atoms with Gasteiger partial charge >= 0.3 is 0 Å². The first-order valence-electron chi connectivity index (χ1n) is 11.8. The van der Waals surface area contributed by atoms with E-state index >= 15 is 0 Å². The van der Waals surface area contributed by atoms with Gasteiger partial charge in [-0.3, -0.25) is 9.59 Å². The van der Waals surface area contributed by atoms with Crippen molar-refractivity contribution in [2.24, 2.45) is 0 Å². The molecule has 0 heterocycles. The van der Waals surface area contributed by atoms with E-state index in [4.69, 9.17) is 0 Å². The molecule has 0 aliphatic heterocycles. The Morgan fingerprint density at radius 2 is 1.59 bits per heavy atom. The zero-order valence-corrected chi connectivity index (χ0v) is 19.9. The van der Waals surface area contributed by atoms with Crippen molar-refractivity contribution in [1.82, 2.24) is 10.2 Å². The number of amides is 2. The molecule has 32 heavy (non-hydrogen) atoms. The number of hydrogen-bond acceptors (Lipinski definition) is 2. The molecule has 1 unspecified atom stereocenters. The summed E-state index contributed by atoms with van der Waals surface area (Å²) in [5.41, 5.74) is 3.18. The highest BCUT2D eigenvalue weighted by molar-refractivity contribution is 5.87. The number of unbranched alkanes of at least 4 members (excludes halogenated alkanes) is 1. The number of rotatable bonds is 12. The lowest BCUT2D eigenvalue weighted by Gasteiger charge is -2.31. The van der Waals surface area contributed by atoms with Crippen molar-refractivity contribution < 1.29 is 14.0 Å². The highest BCUT2D eigenvalue weighted by Crippen LogP contribution is 2.18. The number of hydrogen-bond donors (Lipinski definition) is 1. The second-order valence-electron chi connectivity index (χ2n) is 8.61. The third kappa shape index (κ3) is 7.77. The highest BCUT2D eigenvalue weighted by Gasteiger charge is 2.28. The third-order valence-corrected chi connectivity index (χ3v) is 5.76. The normalized spacial score (nSPS) is 11.9. The molecule has 0 bridgehead atoms. The summed E-state index contributed by atoms with van der Waals surface area (Å²) in [5.74, 6) is -0.0494. The van der Waals surface area contributed by atoms with Gasteiger partial charge in [-0.15, -0.1) is 0 Å². The van der Waals surface area contributed by atoms with E-state index < -0.39 is 6.04 Å². The summed E-state index contributed by atoms with van der Waals surface area (Å²) in [4.78, 5) is 27.8. The van der Waals surface area contributed by atoms with Crippen LogP contribution in [0.1, 0.15) is 76.0 Å². The maximum atomic E-state index is 13.4. The lowest BCUT2D eigenvalue weighted by molar-refractivity contribution is -0.141. The van der Waals surface area contributed by atoms with Gasteiger partial charge in [0.2, 0.25) is 11.8 Å². The van der Waals surface area contributed by atoms with Crippen molar-refractivity contribution in [3.63, 3.8) is 0 Å². The Labute approximate surface area is 192 Å². The van der Waals surface area contributed by atoms with Gasteiger partial charge in [-0.05, 0) is 54.0 Å². The number of aryl methyl sites for hydroxylation is 1. The summed E-state index contributed by atoms with van der Waals surface area (Å²) < 4.78 is 13.4. The number of carbonyl (C=O) groups excluding carboxylic acids is 2. The molecular weight excluding hydrogens is 403 g/mol. The van der Waals surface area contributed by atoms with Crippen LogP contribution in [0.5, 0.6) is 0 Å². The second-order valence-corrected chi connectivity index (χ2v) is 8.61. The summed E-state index contributed by atoms with van der Waals surface area (Å²) >= 11 is 0. The van der Waals surface area contributed by atoms with E-state index in [9.17, 15) is 14.0 Å². The van der Waals surface area contributed by atoms with Crippen LogP contribution in [-0.4, -0.2) is 29.3 Å². The quantitative estimate of drug-likeness (QED) is 0.437. The summed E-state index contributed by atoms with van der Waals surface area (Å²) in [7, 11) is 0. The predicted molar refractivity (Wildman–Crippen MR) is 128 cm³/mol. The van der Waals surface area contributed by atoms with Crippen molar-refractivity contribution in [2.75, 3.05) is 6.54 Å². The van der Waals surface area contributed by atoms with Crippen molar-refractivity contribution in [3.8, 4) is 0 Å². The molecule has 2 aromatic carbocycles. The molecule has 2 amide bonds.